The lowest BCUT2D eigenvalue weighted by atomic mass is 9.94. The van der Waals surface area contributed by atoms with Gasteiger partial charge < -0.3 is 10.6 Å². The predicted octanol–water partition coefficient (Wildman–Crippen LogP) is 2.75. The van der Waals surface area contributed by atoms with Crippen molar-refractivity contribution in [3.05, 3.63) is 32.9 Å². The highest BCUT2D eigenvalue weighted by atomic mass is 127. The van der Waals surface area contributed by atoms with Crippen molar-refractivity contribution < 1.29 is 4.79 Å². The summed E-state index contributed by atoms with van der Waals surface area (Å²) in [7, 11) is 0. The van der Waals surface area contributed by atoms with E-state index in [-0.39, 0.29) is 24.4 Å². The molecule has 1 amide bonds. The third-order valence-electron chi connectivity index (χ3n) is 3.58. The van der Waals surface area contributed by atoms with Crippen molar-refractivity contribution in [3.8, 4) is 0 Å². The predicted molar refractivity (Wildman–Crippen MR) is 89.0 cm³/mol. The van der Waals surface area contributed by atoms with E-state index in [0.717, 1.165) is 34.2 Å². The molecule has 1 saturated heterocycles. The minimum Gasteiger partial charge on any atom is -0.348 e. The van der Waals surface area contributed by atoms with E-state index in [9.17, 15) is 4.79 Å². The number of halogens is 2. The number of amides is 1. The largest absolute Gasteiger partial charge is 0.348 e. The highest BCUT2D eigenvalue weighted by molar-refractivity contribution is 14.1. The zero-order valence-electron chi connectivity index (χ0n) is 11.2. The summed E-state index contributed by atoms with van der Waals surface area (Å²) < 4.78 is 1.05. The van der Waals surface area contributed by atoms with E-state index in [1.54, 1.807) is 0 Å². The van der Waals surface area contributed by atoms with E-state index in [1.165, 1.54) is 0 Å². The Morgan fingerprint density at radius 2 is 2.21 bits per heavy atom. The molecular weight excluding hydrogens is 375 g/mol. The van der Waals surface area contributed by atoms with Gasteiger partial charge in [-0.05, 0) is 60.0 Å². The minimum atomic E-state index is 0. The molecule has 0 aromatic heterocycles. The number of hydrogen-bond acceptors (Lipinski definition) is 2. The molecule has 1 aromatic rings. The van der Waals surface area contributed by atoms with Gasteiger partial charge in [0.1, 0.15) is 0 Å². The maximum atomic E-state index is 12.3. The Bertz CT molecular complexity index is 453. The molecule has 0 saturated carbocycles. The van der Waals surface area contributed by atoms with E-state index in [4.69, 9.17) is 0 Å². The highest BCUT2D eigenvalue weighted by Crippen LogP contribution is 2.18. The van der Waals surface area contributed by atoms with Gasteiger partial charge in [0.05, 0.1) is 5.56 Å². The molecule has 0 aliphatic carbocycles. The van der Waals surface area contributed by atoms with Gasteiger partial charge in [-0.25, -0.2) is 0 Å². The van der Waals surface area contributed by atoms with Crippen LogP contribution in [-0.2, 0) is 0 Å². The zero-order valence-corrected chi connectivity index (χ0v) is 14.2. The molecule has 1 aromatic carbocycles. The summed E-state index contributed by atoms with van der Waals surface area (Å²) in [5, 5.41) is 6.48. The lowest BCUT2D eigenvalue weighted by molar-refractivity contribution is 0.0914. The molecule has 2 atom stereocenters. The van der Waals surface area contributed by atoms with Crippen LogP contribution in [0, 0.1) is 16.4 Å². The zero-order chi connectivity index (χ0) is 13.1. The quantitative estimate of drug-likeness (QED) is 0.757. The fraction of sp³-hybridized carbons (Fsp3) is 0.500. The summed E-state index contributed by atoms with van der Waals surface area (Å²) in [5.74, 6) is 0.585. The van der Waals surface area contributed by atoms with Crippen LogP contribution in [-0.4, -0.2) is 25.0 Å². The van der Waals surface area contributed by atoms with Gasteiger partial charge >= 0.3 is 0 Å². The molecule has 1 aliphatic heterocycles. The molecule has 2 unspecified atom stereocenters. The van der Waals surface area contributed by atoms with Gasteiger partial charge in [-0.2, -0.15) is 0 Å². The first kappa shape index (κ1) is 16.7. The topological polar surface area (TPSA) is 41.1 Å². The normalized spacial score (nSPS) is 22.5. The van der Waals surface area contributed by atoms with Gasteiger partial charge in [-0.3, -0.25) is 4.79 Å². The molecule has 2 N–H and O–H groups in total. The summed E-state index contributed by atoms with van der Waals surface area (Å²) in [6.07, 6.45) is 1.12. The van der Waals surface area contributed by atoms with Crippen LogP contribution in [0.3, 0.4) is 0 Å². The Hall–Kier alpha value is -0.330. The molecule has 1 heterocycles. The molecule has 0 radical (unpaired) electrons. The summed E-state index contributed by atoms with van der Waals surface area (Å²) in [6, 6.07) is 6.10. The Labute approximate surface area is 134 Å². The third kappa shape index (κ3) is 4.07. The monoisotopic (exact) mass is 394 g/mol. The number of piperidine rings is 1. The molecule has 1 fully saturated rings. The molecule has 0 bridgehead atoms. The molecule has 3 nitrogen and oxygen atoms in total. The van der Waals surface area contributed by atoms with Gasteiger partial charge in [0, 0.05) is 16.2 Å². The number of rotatable bonds is 2. The fourth-order valence-corrected chi connectivity index (χ4v) is 2.86. The second-order valence-corrected chi connectivity index (χ2v) is 6.07. The Kier molecular flexibility index (Phi) is 6.56. The first-order valence-corrected chi connectivity index (χ1v) is 7.44. The molecule has 0 spiro atoms. The van der Waals surface area contributed by atoms with Crippen LogP contribution in [0.25, 0.3) is 0 Å². The van der Waals surface area contributed by atoms with Crippen LogP contribution >= 0.6 is 35.0 Å². The van der Waals surface area contributed by atoms with Gasteiger partial charge in [-0.1, -0.05) is 19.1 Å². The molecule has 2 rings (SSSR count). The van der Waals surface area contributed by atoms with Crippen LogP contribution in [0.15, 0.2) is 18.2 Å². The molecular formula is C14H20ClIN2O. The van der Waals surface area contributed by atoms with Crippen molar-refractivity contribution in [2.45, 2.75) is 26.3 Å². The van der Waals surface area contributed by atoms with E-state index >= 15 is 0 Å². The Morgan fingerprint density at radius 1 is 1.47 bits per heavy atom. The van der Waals surface area contributed by atoms with Crippen molar-refractivity contribution in [3.63, 3.8) is 0 Å². The van der Waals surface area contributed by atoms with Crippen LogP contribution in [0.5, 0.6) is 0 Å². The molecule has 1 aliphatic rings. The summed E-state index contributed by atoms with van der Waals surface area (Å²) >= 11 is 2.24. The van der Waals surface area contributed by atoms with Gasteiger partial charge in [0.25, 0.3) is 5.91 Å². The number of hydrogen-bond donors (Lipinski definition) is 2. The van der Waals surface area contributed by atoms with E-state index in [2.05, 4.69) is 40.1 Å². The standard InChI is InChI=1S/C14H19IN2O.ClH/c1-9-6-7-16-8-12(9)17-14(18)11-5-3-4-10(2)13(11)15;/h3-5,9,12,16H,6-8H2,1-2H3,(H,17,18);1H. The summed E-state index contributed by atoms with van der Waals surface area (Å²) in [4.78, 5) is 12.3. The van der Waals surface area contributed by atoms with Crippen LogP contribution in [0.1, 0.15) is 29.3 Å². The van der Waals surface area contributed by atoms with E-state index in [1.807, 2.05) is 25.1 Å². The summed E-state index contributed by atoms with van der Waals surface area (Å²) in [5.41, 5.74) is 1.94. The fourth-order valence-electron chi connectivity index (χ4n) is 2.25. The maximum absolute atomic E-state index is 12.3. The number of aryl methyl sites for hydroxylation is 1. The average molecular weight is 395 g/mol. The van der Waals surface area contributed by atoms with Crippen molar-refractivity contribution in [2.75, 3.05) is 13.1 Å². The second-order valence-electron chi connectivity index (χ2n) is 4.99. The third-order valence-corrected chi connectivity index (χ3v) is 5.01. The van der Waals surface area contributed by atoms with Crippen LogP contribution in [0.2, 0.25) is 0 Å². The van der Waals surface area contributed by atoms with E-state index in [0.29, 0.717) is 5.92 Å². The minimum absolute atomic E-state index is 0. The number of carbonyl (C=O) groups is 1. The second kappa shape index (κ2) is 7.45. The first-order valence-electron chi connectivity index (χ1n) is 6.36. The van der Waals surface area contributed by atoms with Crippen LogP contribution in [0.4, 0.5) is 0 Å². The van der Waals surface area contributed by atoms with Crippen LogP contribution < -0.4 is 10.6 Å². The first-order chi connectivity index (χ1) is 8.59. The van der Waals surface area contributed by atoms with Gasteiger partial charge in [0.2, 0.25) is 0 Å². The van der Waals surface area contributed by atoms with Crippen molar-refractivity contribution >= 4 is 40.9 Å². The molecule has 106 valence electrons. The van der Waals surface area contributed by atoms with Crippen molar-refractivity contribution in [1.29, 1.82) is 0 Å². The number of carbonyl (C=O) groups excluding carboxylic acids is 1. The van der Waals surface area contributed by atoms with Gasteiger partial charge in [-0.15, -0.1) is 12.4 Å². The van der Waals surface area contributed by atoms with Crippen molar-refractivity contribution in [1.82, 2.24) is 10.6 Å². The SMILES string of the molecule is Cc1cccc(C(=O)NC2CNCCC2C)c1I.Cl. The Morgan fingerprint density at radius 3 is 2.89 bits per heavy atom. The lowest BCUT2D eigenvalue weighted by Gasteiger charge is -2.30. The molecule has 19 heavy (non-hydrogen) atoms. The highest BCUT2D eigenvalue weighted by Gasteiger charge is 2.23. The molecule has 5 heteroatoms. The summed E-state index contributed by atoms with van der Waals surface area (Å²) in [6.45, 7) is 6.15. The maximum Gasteiger partial charge on any atom is 0.252 e. The van der Waals surface area contributed by atoms with E-state index < -0.39 is 0 Å². The smallest absolute Gasteiger partial charge is 0.252 e. The van der Waals surface area contributed by atoms with Crippen molar-refractivity contribution in [2.24, 2.45) is 5.92 Å². The van der Waals surface area contributed by atoms with Gasteiger partial charge in [0.15, 0.2) is 0 Å². The number of nitrogens with one attached hydrogen (secondary N) is 2. The lowest BCUT2D eigenvalue weighted by Crippen LogP contribution is -2.50. The number of benzene rings is 1. The Balaban J connectivity index is 0.00000180. The average Bonchev–Trinajstić information content (AvgIpc) is 2.35.